The first-order valence-corrected chi connectivity index (χ1v) is 17.5. The Hall–Kier alpha value is -7.15. The molecule has 0 unspecified atom stereocenters. The van der Waals surface area contributed by atoms with Crippen molar-refractivity contribution in [3.8, 4) is 45.1 Å². The van der Waals surface area contributed by atoms with Gasteiger partial charge in [0.1, 0.15) is 0 Å². The summed E-state index contributed by atoms with van der Waals surface area (Å²) in [6.45, 7) is 0. The zero-order valence-electron chi connectivity index (χ0n) is 28.4. The zero-order valence-corrected chi connectivity index (χ0v) is 28.4. The van der Waals surface area contributed by atoms with Crippen molar-refractivity contribution in [2.45, 2.75) is 0 Å². The van der Waals surface area contributed by atoms with Crippen LogP contribution in [0.25, 0.3) is 60.9 Å². The Balaban J connectivity index is 1.27. The fraction of sp³-hybridized carbons (Fsp3) is 0. The topological polar surface area (TPSA) is 32.0 Å². The number of nitrogens with zero attached hydrogens (tertiary/aromatic N) is 3. The Morgan fingerprint density at radius 2 is 0.942 bits per heavy atom. The number of nitriles is 1. The van der Waals surface area contributed by atoms with Crippen LogP contribution in [0.2, 0.25) is 0 Å². The van der Waals surface area contributed by atoms with Gasteiger partial charge in [0, 0.05) is 33.4 Å². The summed E-state index contributed by atoms with van der Waals surface area (Å²) in [7, 11) is 0. The Morgan fingerprint density at radius 3 is 1.65 bits per heavy atom. The van der Waals surface area contributed by atoms with Crippen LogP contribution in [0.4, 0.5) is 17.1 Å². The third-order valence-electron chi connectivity index (χ3n) is 9.83. The summed E-state index contributed by atoms with van der Waals surface area (Å²) in [5, 5.41) is 12.5. The van der Waals surface area contributed by atoms with Crippen molar-refractivity contribution in [1.29, 1.82) is 5.26 Å². The van der Waals surface area contributed by atoms with Crippen LogP contribution in [0.15, 0.2) is 200 Å². The first kappa shape index (κ1) is 30.9. The lowest BCUT2D eigenvalue weighted by atomic mass is 9.88. The van der Waals surface area contributed by atoms with Crippen molar-refractivity contribution in [1.82, 2.24) is 4.57 Å². The molecule has 0 saturated heterocycles. The Kier molecular flexibility index (Phi) is 7.89. The molecule has 0 N–H and O–H groups in total. The second-order valence-corrected chi connectivity index (χ2v) is 12.9. The van der Waals surface area contributed by atoms with Gasteiger partial charge < -0.3 is 9.47 Å². The molecule has 0 aliphatic rings. The number of hydrogen-bond donors (Lipinski definition) is 0. The minimum atomic E-state index is 0.625. The largest absolute Gasteiger partial charge is 0.310 e. The quantitative estimate of drug-likeness (QED) is 0.170. The molecule has 9 rings (SSSR count). The van der Waals surface area contributed by atoms with Gasteiger partial charge in [0.2, 0.25) is 0 Å². The minimum Gasteiger partial charge on any atom is -0.310 e. The molecule has 8 aromatic carbocycles. The van der Waals surface area contributed by atoms with Gasteiger partial charge in [-0.15, -0.1) is 0 Å². The molecule has 3 heteroatoms. The lowest BCUT2D eigenvalue weighted by molar-refractivity contribution is 1.18. The van der Waals surface area contributed by atoms with E-state index >= 15 is 0 Å². The van der Waals surface area contributed by atoms with Crippen molar-refractivity contribution in [2.24, 2.45) is 0 Å². The van der Waals surface area contributed by atoms with E-state index < -0.39 is 0 Å². The number of aromatic nitrogens is 1. The zero-order chi connectivity index (χ0) is 34.9. The van der Waals surface area contributed by atoms with Gasteiger partial charge in [-0.1, -0.05) is 133 Å². The summed E-state index contributed by atoms with van der Waals surface area (Å²) in [4.78, 5) is 2.31. The molecular formula is C49H33N3. The molecule has 1 aromatic heterocycles. The average Bonchev–Trinajstić information content (AvgIpc) is 3.55. The van der Waals surface area contributed by atoms with E-state index in [-0.39, 0.29) is 0 Å². The van der Waals surface area contributed by atoms with Crippen LogP contribution >= 0.6 is 0 Å². The van der Waals surface area contributed by atoms with Gasteiger partial charge in [-0.05, 0) is 94.5 Å². The SMILES string of the molecule is N#Cc1ccc(-c2ccccc2-c2ccccc2)c(-c2ccccc2-n2c3ccccc3c3cc(N(c4ccccc4)c4ccccc4)ccc32)c1. The van der Waals surface area contributed by atoms with Crippen LogP contribution in [0, 0.1) is 11.3 Å². The molecule has 0 spiro atoms. The lowest BCUT2D eigenvalue weighted by Gasteiger charge is -2.25. The number of fused-ring (bicyclic) bond motifs is 3. The summed E-state index contributed by atoms with van der Waals surface area (Å²) >= 11 is 0. The van der Waals surface area contributed by atoms with Crippen molar-refractivity contribution < 1.29 is 0 Å². The molecule has 52 heavy (non-hydrogen) atoms. The molecule has 0 bridgehead atoms. The maximum atomic E-state index is 10.1. The number of rotatable bonds is 7. The van der Waals surface area contributed by atoms with Gasteiger partial charge in [-0.2, -0.15) is 5.26 Å². The smallest absolute Gasteiger partial charge is 0.0991 e. The highest BCUT2D eigenvalue weighted by Gasteiger charge is 2.21. The summed E-state index contributed by atoms with van der Waals surface area (Å²) < 4.78 is 2.38. The van der Waals surface area contributed by atoms with Crippen LogP contribution < -0.4 is 4.90 Å². The highest BCUT2D eigenvalue weighted by atomic mass is 15.1. The first-order chi connectivity index (χ1) is 25.8. The van der Waals surface area contributed by atoms with Crippen molar-refractivity contribution in [2.75, 3.05) is 4.90 Å². The first-order valence-electron chi connectivity index (χ1n) is 17.5. The molecule has 9 aromatic rings. The van der Waals surface area contributed by atoms with Crippen LogP contribution in [0.1, 0.15) is 5.56 Å². The van der Waals surface area contributed by atoms with E-state index in [0.29, 0.717) is 5.56 Å². The second kappa shape index (κ2) is 13.3. The van der Waals surface area contributed by atoms with E-state index in [1.165, 1.54) is 10.8 Å². The predicted octanol–water partition coefficient (Wildman–Crippen LogP) is 13.1. The maximum Gasteiger partial charge on any atom is 0.0991 e. The fourth-order valence-electron chi connectivity index (χ4n) is 7.52. The number of benzene rings is 8. The molecule has 0 aliphatic carbocycles. The van der Waals surface area contributed by atoms with Crippen molar-refractivity contribution in [3.63, 3.8) is 0 Å². The third-order valence-corrected chi connectivity index (χ3v) is 9.83. The Morgan fingerprint density at radius 1 is 0.385 bits per heavy atom. The van der Waals surface area contributed by atoms with E-state index in [4.69, 9.17) is 0 Å². The molecule has 0 aliphatic heterocycles. The van der Waals surface area contributed by atoms with Crippen molar-refractivity contribution >= 4 is 38.9 Å². The number of hydrogen-bond acceptors (Lipinski definition) is 2. The molecular weight excluding hydrogens is 631 g/mol. The fourth-order valence-corrected chi connectivity index (χ4v) is 7.52. The molecule has 3 nitrogen and oxygen atoms in total. The van der Waals surface area contributed by atoms with Gasteiger partial charge in [0.25, 0.3) is 0 Å². The standard InChI is InChI=1S/C49H33N3/c50-34-35-28-30-42(41-23-11-10-22-40(41)36-16-4-1-5-17-36)45(32-35)43-24-12-14-26-47(43)52-48-27-15-13-25-44(48)46-33-39(29-31-49(46)52)51(37-18-6-2-7-19-37)38-20-8-3-9-21-38/h1-33H. The summed E-state index contributed by atoms with van der Waals surface area (Å²) in [6.07, 6.45) is 0. The van der Waals surface area contributed by atoms with Gasteiger partial charge >= 0.3 is 0 Å². The second-order valence-electron chi connectivity index (χ2n) is 12.9. The molecule has 0 saturated carbocycles. The van der Waals surface area contributed by atoms with Crippen LogP contribution in [0.3, 0.4) is 0 Å². The van der Waals surface area contributed by atoms with E-state index in [1.54, 1.807) is 0 Å². The van der Waals surface area contributed by atoms with Gasteiger partial charge in [0.15, 0.2) is 0 Å². The van der Waals surface area contributed by atoms with Gasteiger partial charge in [0.05, 0.1) is 28.4 Å². The highest BCUT2D eigenvalue weighted by molar-refractivity contribution is 6.11. The van der Waals surface area contributed by atoms with Crippen LogP contribution in [-0.4, -0.2) is 4.57 Å². The van der Waals surface area contributed by atoms with E-state index in [0.717, 1.165) is 67.2 Å². The maximum absolute atomic E-state index is 10.1. The van der Waals surface area contributed by atoms with Gasteiger partial charge in [-0.3, -0.25) is 0 Å². The van der Waals surface area contributed by atoms with Gasteiger partial charge in [-0.25, -0.2) is 0 Å². The van der Waals surface area contributed by atoms with Crippen molar-refractivity contribution in [3.05, 3.63) is 206 Å². The average molecular weight is 664 g/mol. The third kappa shape index (κ3) is 5.40. The summed E-state index contributed by atoms with van der Waals surface area (Å²) in [6, 6.07) is 72.6. The Bertz CT molecular complexity index is 2700. The predicted molar refractivity (Wildman–Crippen MR) is 216 cm³/mol. The van der Waals surface area contributed by atoms with E-state index in [1.807, 2.05) is 18.2 Å². The molecule has 0 amide bonds. The summed E-state index contributed by atoms with van der Waals surface area (Å²) in [5.41, 5.74) is 13.8. The number of para-hydroxylation sites is 4. The Labute approximate surface area is 303 Å². The monoisotopic (exact) mass is 663 g/mol. The minimum absolute atomic E-state index is 0.625. The molecule has 0 radical (unpaired) electrons. The van der Waals surface area contributed by atoms with Crippen LogP contribution in [-0.2, 0) is 0 Å². The molecule has 0 fully saturated rings. The normalized spacial score (nSPS) is 11.1. The molecule has 1 heterocycles. The van der Waals surface area contributed by atoms with E-state index in [9.17, 15) is 5.26 Å². The lowest BCUT2D eigenvalue weighted by Crippen LogP contribution is -2.09. The molecule has 0 atom stereocenters. The van der Waals surface area contributed by atoms with E-state index in [2.05, 4.69) is 198 Å². The summed E-state index contributed by atoms with van der Waals surface area (Å²) in [5.74, 6) is 0. The molecule has 244 valence electrons. The highest BCUT2D eigenvalue weighted by Crippen LogP contribution is 2.44. The van der Waals surface area contributed by atoms with Crippen LogP contribution in [0.5, 0.6) is 0 Å². The number of anilines is 3.